The molecule has 0 amide bonds. The van der Waals surface area contributed by atoms with Gasteiger partial charge in [-0.15, -0.1) is 0 Å². The molecule has 1 fully saturated rings. The number of nitrogens with zero attached hydrogens (tertiary/aromatic N) is 1. The van der Waals surface area contributed by atoms with Crippen molar-refractivity contribution in [2.24, 2.45) is 0 Å². The highest BCUT2D eigenvalue weighted by atomic mass is 32.2. The summed E-state index contributed by atoms with van der Waals surface area (Å²) in [5.41, 5.74) is 0. The van der Waals surface area contributed by atoms with Gasteiger partial charge in [0.05, 0.1) is 4.90 Å². The van der Waals surface area contributed by atoms with Crippen LogP contribution < -0.4 is 10.0 Å². The van der Waals surface area contributed by atoms with E-state index in [2.05, 4.69) is 15.0 Å². The SMILES string of the molecule is CCCNc1cc(S(=O)(=O)NC2CC2)ccn1. The first-order valence-corrected chi connectivity index (χ1v) is 7.32. The monoisotopic (exact) mass is 255 g/mol. The van der Waals surface area contributed by atoms with Crippen LogP contribution in [0.4, 0.5) is 5.82 Å². The van der Waals surface area contributed by atoms with Crippen LogP contribution in [0.3, 0.4) is 0 Å². The summed E-state index contributed by atoms with van der Waals surface area (Å²) in [5.74, 6) is 0.602. The molecule has 0 aliphatic heterocycles. The number of pyridine rings is 1. The number of rotatable bonds is 6. The summed E-state index contributed by atoms with van der Waals surface area (Å²) in [6.07, 6.45) is 4.36. The number of hydrogen-bond donors (Lipinski definition) is 2. The number of hydrogen-bond acceptors (Lipinski definition) is 4. The number of nitrogens with one attached hydrogen (secondary N) is 2. The van der Waals surface area contributed by atoms with E-state index in [1.807, 2.05) is 6.92 Å². The minimum Gasteiger partial charge on any atom is -0.370 e. The molecule has 1 saturated carbocycles. The highest BCUT2D eigenvalue weighted by molar-refractivity contribution is 7.89. The largest absolute Gasteiger partial charge is 0.370 e. The van der Waals surface area contributed by atoms with Crippen LogP contribution in [0.5, 0.6) is 0 Å². The van der Waals surface area contributed by atoms with Gasteiger partial charge in [-0.2, -0.15) is 0 Å². The normalized spacial score (nSPS) is 15.8. The molecule has 2 rings (SSSR count). The molecular weight excluding hydrogens is 238 g/mol. The molecule has 94 valence electrons. The fourth-order valence-electron chi connectivity index (χ4n) is 1.42. The Hall–Kier alpha value is -1.14. The van der Waals surface area contributed by atoms with Crippen LogP contribution in [0.1, 0.15) is 26.2 Å². The average molecular weight is 255 g/mol. The van der Waals surface area contributed by atoms with Crippen LogP contribution in [0.25, 0.3) is 0 Å². The lowest BCUT2D eigenvalue weighted by Gasteiger charge is -2.08. The highest BCUT2D eigenvalue weighted by Gasteiger charge is 2.28. The van der Waals surface area contributed by atoms with E-state index < -0.39 is 10.0 Å². The lowest BCUT2D eigenvalue weighted by molar-refractivity contribution is 0.581. The minimum absolute atomic E-state index is 0.125. The van der Waals surface area contributed by atoms with Crippen LogP contribution >= 0.6 is 0 Å². The molecule has 1 aliphatic rings. The van der Waals surface area contributed by atoms with Crippen molar-refractivity contribution in [2.75, 3.05) is 11.9 Å². The quantitative estimate of drug-likeness (QED) is 0.805. The molecule has 0 aromatic carbocycles. The Balaban J connectivity index is 2.13. The summed E-state index contributed by atoms with van der Waals surface area (Å²) in [7, 11) is -3.37. The van der Waals surface area contributed by atoms with Gasteiger partial charge in [0.1, 0.15) is 5.82 Å². The van der Waals surface area contributed by atoms with Crippen LogP contribution in [0.2, 0.25) is 0 Å². The molecule has 0 bridgehead atoms. The summed E-state index contributed by atoms with van der Waals surface area (Å²) in [6.45, 7) is 2.83. The summed E-state index contributed by atoms with van der Waals surface area (Å²) in [4.78, 5) is 4.36. The van der Waals surface area contributed by atoms with Crippen LogP contribution in [-0.2, 0) is 10.0 Å². The van der Waals surface area contributed by atoms with Crippen molar-refractivity contribution in [2.45, 2.75) is 37.1 Å². The van der Waals surface area contributed by atoms with E-state index in [-0.39, 0.29) is 10.9 Å². The molecule has 1 aromatic rings. The Morgan fingerprint density at radius 1 is 1.47 bits per heavy atom. The lowest BCUT2D eigenvalue weighted by Crippen LogP contribution is -2.25. The molecule has 0 atom stereocenters. The second-order valence-corrected chi connectivity index (χ2v) is 5.91. The predicted molar refractivity (Wildman–Crippen MR) is 66.4 cm³/mol. The Bertz CT molecular complexity index is 483. The van der Waals surface area contributed by atoms with Gasteiger partial charge in [0.25, 0.3) is 0 Å². The van der Waals surface area contributed by atoms with E-state index in [0.29, 0.717) is 5.82 Å². The molecule has 0 spiro atoms. The van der Waals surface area contributed by atoms with Crippen molar-refractivity contribution in [3.05, 3.63) is 18.3 Å². The highest BCUT2D eigenvalue weighted by Crippen LogP contribution is 2.22. The van der Waals surface area contributed by atoms with Crippen molar-refractivity contribution in [3.8, 4) is 0 Å². The van der Waals surface area contributed by atoms with Gasteiger partial charge in [-0.3, -0.25) is 0 Å². The molecular formula is C11H17N3O2S. The maximum atomic E-state index is 11.9. The van der Waals surface area contributed by atoms with Crippen molar-refractivity contribution in [1.29, 1.82) is 0 Å². The van der Waals surface area contributed by atoms with Gasteiger partial charge in [0.15, 0.2) is 0 Å². The molecule has 1 heterocycles. The zero-order chi connectivity index (χ0) is 12.3. The first-order chi connectivity index (χ1) is 8.12. The van der Waals surface area contributed by atoms with Crippen LogP contribution in [0, 0.1) is 0 Å². The van der Waals surface area contributed by atoms with E-state index in [4.69, 9.17) is 0 Å². The molecule has 1 aromatic heterocycles. The van der Waals surface area contributed by atoms with Crippen LogP contribution in [0.15, 0.2) is 23.2 Å². The third-order valence-corrected chi connectivity index (χ3v) is 4.02. The van der Waals surface area contributed by atoms with Gasteiger partial charge in [-0.25, -0.2) is 18.1 Å². The Morgan fingerprint density at radius 3 is 2.88 bits per heavy atom. The molecule has 6 heteroatoms. The molecule has 1 aliphatic carbocycles. The van der Waals surface area contributed by atoms with Gasteiger partial charge in [-0.1, -0.05) is 6.92 Å². The van der Waals surface area contributed by atoms with Gasteiger partial charge >= 0.3 is 0 Å². The smallest absolute Gasteiger partial charge is 0.241 e. The van der Waals surface area contributed by atoms with Gasteiger partial charge in [-0.05, 0) is 25.3 Å². The number of sulfonamides is 1. The molecule has 0 radical (unpaired) electrons. The molecule has 17 heavy (non-hydrogen) atoms. The van der Waals surface area contributed by atoms with E-state index in [1.165, 1.54) is 12.3 Å². The van der Waals surface area contributed by atoms with E-state index in [9.17, 15) is 8.42 Å². The second kappa shape index (κ2) is 5.01. The topological polar surface area (TPSA) is 71.1 Å². The fourth-order valence-corrected chi connectivity index (χ4v) is 2.73. The van der Waals surface area contributed by atoms with Crippen molar-refractivity contribution in [1.82, 2.24) is 9.71 Å². The van der Waals surface area contributed by atoms with Gasteiger partial charge < -0.3 is 5.32 Å². The second-order valence-electron chi connectivity index (χ2n) is 4.20. The van der Waals surface area contributed by atoms with Crippen molar-refractivity contribution >= 4 is 15.8 Å². The van der Waals surface area contributed by atoms with Crippen LogP contribution in [-0.4, -0.2) is 26.0 Å². The first kappa shape index (κ1) is 12.3. The zero-order valence-electron chi connectivity index (χ0n) is 9.81. The Morgan fingerprint density at radius 2 is 2.24 bits per heavy atom. The zero-order valence-corrected chi connectivity index (χ0v) is 10.6. The third-order valence-electron chi connectivity index (χ3n) is 2.50. The maximum absolute atomic E-state index is 11.9. The van der Waals surface area contributed by atoms with Crippen molar-refractivity contribution < 1.29 is 8.42 Å². The fraction of sp³-hybridized carbons (Fsp3) is 0.545. The minimum atomic E-state index is -3.37. The third kappa shape index (κ3) is 3.41. The summed E-state index contributed by atoms with van der Waals surface area (Å²) < 4.78 is 26.5. The number of anilines is 1. The molecule has 0 unspecified atom stereocenters. The lowest BCUT2D eigenvalue weighted by atomic mass is 10.4. The summed E-state index contributed by atoms with van der Waals surface area (Å²) in [6, 6.07) is 3.21. The van der Waals surface area contributed by atoms with E-state index in [1.54, 1.807) is 6.07 Å². The summed E-state index contributed by atoms with van der Waals surface area (Å²) >= 11 is 0. The summed E-state index contributed by atoms with van der Waals surface area (Å²) in [5, 5.41) is 3.07. The maximum Gasteiger partial charge on any atom is 0.241 e. The average Bonchev–Trinajstić information content (AvgIpc) is 3.10. The predicted octanol–water partition coefficient (Wildman–Crippen LogP) is 1.34. The van der Waals surface area contributed by atoms with Gasteiger partial charge in [0.2, 0.25) is 10.0 Å². The van der Waals surface area contributed by atoms with E-state index in [0.717, 1.165) is 25.8 Å². The molecule has 0 saturated heterocycles. The Kier molecular flexibility index (Phi) is 3.63. The van der Waals surface area contributed by atoms with E-state index >= 15 is 0 Å². The number of aromatic nitrogens is 1. The van der Waals surface area contributed by atoms with Crippen molar-refractivity contribution in [3.63, 3.8) is 0 Å². The van der Waals surface area contributed by atoms with Gasteiger partial charge in [0, 0.05) is 24.8 Å². The molecule has 5 nitrogen and oxygen atoms in total. The standard InChI is InChI=1S/C11H17N3O2S/c1-2-6-12-11-8-10(5-7-13-11)17(15,16)14-9-3-4-9/h5,7-9,14H,2-4,6H2,1H3,(H,12,13). The molecule has 2 N–H and O–H groups in total. The first-order valence-electron chi connectivity index (χ1n) is 5.84. The Labute approximate surface area is 102 Å².